The molecule has 0 atom stereocenters. The van der Waals surface area contributed by atoms with Crippen molar-refractivity contribution in [3.8, 4) is 17.0 Å². The number of hydrogen-bond donors (Lipinski definition) is 1. The van der Waals surface area contributed by atoms with Gasteiger partial charge in [-0.2, -0.15) is 0 Å². The third kappa shape index (κ3) is 4.86. The van der Waals surface area contributed by atoms with Crippen LogP contribution in [0.4, 0.5) is 0 Å². The Hall–Kier alpha value is -3.36. The lowest BCUT2D eigenvalue weighted by atomic mass is 10.1. The van der Waals surface area contributed by atoms with E-state index in [0.29, 0.717) is 23.0 Å². The number of rotatable bonds is 7. The third-order valence-electron chi connectivity index (χ3n) is 5.23. The lowest BCUT2D eigenvalue weighted by molar-refractivity contribution is 0.0976. The van der Waals surface area contributed by atoms with E-state index in [1.54, 1.807) is 19.2 Å². The lowest BCUT2D eigenvalue weighted by Crippen LogP contribution is -2.32. The molecule has 4 aromatic rings. The minimum atomic E-state index is -3.68. The molecule has 0 radical (unpaired) electrons. The number of carbonyl (C=O) groups excluding carboxylic acids is 1. The van der Waals surface area contributed by atoms with Crippen LogP contribution in [-0.4, -0.2) is 36.7 Å². The molecule has 1 amide bonds. The van der Waals surface area contributed by atoms with Crippen LogP contribution >= 0.6 is 11.6 Å². The normalized spacial score (nSPS) is 11.5. The molecule has 0 aliphatic rings. The molecule has 0 saturated heterocycles. The van der Waals surface area contributed by atoms with Crippen molar-refractivity contribution < 1.29 is 17.9 Å². The Balaban J connectivity index is 1.78. The van der Waals surface area contributed by atoms with E-state index in [2.05, 4.69) is 9.55 Å². The number of amides is 1. The number of carbonyl (C=O) groups is 1. The first-order chi connectivity index (χ1) is 15.8. The van der Waals surface area contributed by atoms with Crippen LogP contribution in [-0.2, 0) is 16.6 Å². The maximum Gasteiger partial charge on any atom is 0.283 e. The average Bonchev–Trinajstić information content (AvgIpc) is 3.16. The highest BCUT2D eigenvalue weighted by Crippen LogP contribution is 2.35. The number of hydrogen-bond acceptors (Lipinski definition) is 5. The summed E-state index contributed by atoms with van der Waals surface area (Å²) in [5.41, 5.74) is 3.46. The van der Waals surface area contributed by atoms with Crippen molar-refractivity contribution >= 4 is 38.4 Å². The van der Waals surface area contributed by atoms with Gasteiger partial charge < -0.3 is 9.30 Å². The molecule has 4 rings (SSSR count). The topological polar surface area (TPSA) is 90.3 Å². The van der Waals surface area contributed by atoms with E-state index in [9.17, 15) is 13.2 Å². The Bertz CT molecular complexity index is 1430. The monoisotopic (exact) mass is 483 g/mol. The van der Waals surface area contributed by atoms with Gasteiger partial charge >= 0.3 is 0 Å². The van der Waals surface area contributed by atoms with Crippen LogP contribution in [0, 0.1) is 0 Å². The average molecular weight is 484 g/mol. The summed E-state index contributed by atoms with van der Waals surface area (Å²) in [5.74, 6) is -0.375. The maximum absolute atomic E-state index is 12.4. The van der Waals surface area contributed by atoms with Gasteiger partial charge in [-0.05, 0) is 42.8 Å². The van der Waals surface area contributed by atoms with Gasteiger partial charge in [-0.1, -0.05) is 48.0 Å². The molecule has 9 heteroatoms. The Morgan fingerprint density at radius 2 is 1.85 bits per heavy atom. The van der Waals surface area contributed by atoms with Crippen LogP contribution < -0.4 is 9.46 Å². The smallest absolute Gasteiger partial charge is 0.283 e. The van der Waals surface area contributed by atoms with E-state index in [4.69, 9.17) is 16.3 Å². The van der Waals surface area contributed by atoms with Crippen molar-refractivity contribution in [1.29, 1.82) is 0 Å². The molecule has 33 heavy (non-hydrogen) atoms. The van der Waals surface area contributed by atoms with Gasteiger partial charge in [0.25, 0.3) is 5.91 Å². The number of ether oxygens (including phenoxy) is 1. The molecule has 0 aliphatic carbocycles. The Labute approximate surface area is 197 Å². The minimum Gasteiger partial charge on any atom is -0.495 e. The second-order valence-corrected chi connectivity index (χ2v) is 9.79. The SMILES string of the molecule is CCS(=O)(=O)NC(=O)c1cccc(Cn2c(-c3ccccc3)cc3cc(OC)c(Cl)cc32)n1. The fourth-order valence-corrected chi connectivity index (χ4v) is 4.33. The summed E-state index contributed by atoms with van der Waals surface area (Å²) in [6, 6.07) is 20.6. The molecule has 2 heterocycles. The molecule has 0 bridgehead atoms. The van der Waals surface area contributed by atoms with Crippen LogP contribution in [0.1, 0.15) is 23.1 Å². The number of halogens is 1. The molecule has 0 aliphatic heterocycles. The molecule has 1 N–H and O–H groups in total. The van der Waals surface area contributed by atoms with Crippen molar-refractivity contribution in [2.24, 2.45) is 0 Å². The molecule has 2 aromatic heterocycles. The van der Waals surface area contributed by atoms with Gasteiger partial charge in [0.15, 0.2) is 0 Å². The number of nitrogens with one attached hydrogen (secondary N) is 1. The summed E-state index contributed by atoms with van der Waals surface area (Å²) >= 11 is 6.41. The number of methoxy groups -OCH3 is 1. The first kappa shape index (κ1) is 22.8. The number of fused-ring (bicyclic) bond motifs is 1. The highest BCUT2D eigenvalue weighted by molar-refractivity contribution is 7.90. The summed E-state index contributed by atoms with van der Waals surface area (Å²) < 4.78 is 33.0. The first-order valence-corrected chi connectivity index (χ1v) is 12.3. The van der Waals surface area contributed by atoms with E-state index in [1.807, 2.05) is 53.3 Å². The fourth-order valence-electron chi connectivity index (χ4n) is 3.56. The minimum absolute atomic E-state index is 0.0296. The zero-order chi connectivity index (χ0) is 23.6. The van der Waals surface area contributed by atoms with Crippen LogP contribution in [0.25, 0.3) is 22.2 Å². The van der Waals surface area contributed by atoms with E-state index >= 15 is 0 Å². The molecular formula is C24H22ClN3O4S. The molecule has 2 aromatic carbocycles. The van der Waals surface area contributed by atoms with Crippen molar-refractivity contribution in [2.45, 2.75) is 13.5 Å². The summed E-state index contributed by atoms with van der Waals surface area (Å²) in [7, 11) is -2.11. The second-order valence-electron chi connectivity index (χ2n) is 7.38. The van der Waals surface area contributed by atoms with Crippen molar-refractivity contribution in [3.05, 3.63) is 83.1 Å². The highest BCUT2D eigenvalue weighted by Gasteiger charge is 2.17. The van der Waals surface area contributed by atoms with Gasteiger partial charge in [-0.15, -0.1) is 0 Å². The fraction of sp³-hybridized carbons (Fsp3) is 0.167. The van der Waals surface area contributed by atoms with Gasteiger partial charge in [-0.25, -0.2) is 18.1 Å². The lowest BCUT2D eigenvalue weighted by Gasteiger charge is -2.12. The largest absolute Gasteiger partial charge is 0.495 e. The predicted molar refractivity (Wildman–Crippen MR) is 129 cm³/mol. The third-order valence-corrected chi connectivity index (χ3v) is 6.78. The summed E-state index contributed by atoms with van der Waals surface area (Å²) in [6.45, 7) is 1.81. The Morgan fingerprint density at radius 1 is 1.09 bits per heavy atom. The van der Waals surface area contributed by atoms with E-state index in [-0.39, 0.29) is 11.4 Å². The first-order valence-electron chi connectivity index (χ1n) is 10.2. The number of aromatic nitrogens is 2. The number of sulfonamides is 1. The number of nitrogens with zero attached hydrogens (tertiary/aromatic N) is 2. The standard InChI is InChI=1S/C24H22ClN3O4S/c1-3-33(30,31)27-24(29)20-11-7-10-18(26-20)15-28-21(16-8-5-4-6-9-16)12-17-13-23(32-2)19(25)14-22(17)28/h4-14H,3,15H2,1-2H3,(H,27,29). The molecule has 0 unspecified atom stereocenters. The van der Waals surface area contributed by atoms with Gasteiger partial charge in [0.1, 0.15) is 11.4 Å². The van der Waals surface area contributed by atoms with E-state index in [1.165, 1.54) is 13.0 Å². The molecule has 0 fully saturated rings. The number of pyridine rings is 1. The predicted octanol–water partition coefficient (Wildman–Crippen LogP) is 4.49. The van der Waals surface area contributed by atoms with Gasteiger partial charge in [0, 0.05) is 11.1 Å². The van der Waals surface area contributed by atoms with Crippen LogP contribution in [0.15, 0.2) is 66.7 Å². The summed E-state index contributed by atoms with van der Waals surface area (Å²) in [4.78, 5) is 16.8. The van der Waals surface area contributed by atoms with Crippen molar-refractivity contribution in [1.82, 2.24) is 14.3 Å². The molecule has 170 valence electrons. The van der Waals surface area contributed by atoms with Crippen LogP contribution in [0.3, 0.4) is 0 Å². The zero-order valence-corrected chi connectivity index (χ0v) is 19.7. The molecular weight excluding hydrogens is 462 g/mol. The van der Waals surface area contributed by atoms with Gasteiger partial charge in [0.05, 0.1) is 35.6 Å². The second kappa shape index (κ2) is 9.25. The van der Waals surface area contributed by atoms with Crippen LogP contribution in [0.2, 0.25) is 5.02 Å². The quantitative estimate of drug-likeness (QED) is 0.418. The Morgan fingerprint density at radius 3 is 2.55 bits per heavy atom. The van der Waals surface area contributed by atoms with E-state index in [0.717, 1.165) is 22.2 Å². The van der Waals surface area contributed by atoms with Crippen molar-refractivity contribution in [3.63, 3.8) is 0 Å². The summed E-state index contributed by atoms with van der Waals surface area (Å²) in [6.07, 6.45) is 0. The maximum atomic E-state index is 12.4. The molecule has 7 nitrogen and oxygen atoms in total. The Kier molecular flexibility index (Phi) is 6.40. The zero-order valence-electron chi connectivity index (χ0n) is 18.1. The number of benzene rings is 2. The van der Waals surface area contributed by atoms with Crippen molar-refractivity contribution in [2.75, 3.05) is 12.9 Å². The molecule has 0 spiro atoms. The van der Waals surface area contributed by atoms with Gasteiger partial charge in [-0.3, -0.25) is 4.79 Å². The highest BCUT2D eigenvalue weighted by atomic mass is 35.5. The summed E-state index contributed by atoms with van der Waals surface area (Å²) in [5, 5.41) is 1.42. The molecule has 0 saturated carbocycles. The van der Waals surface area contributed by atoms with Gasteiger partial charge in [0.2, 0.25) is 10.0 Å². The van der Waals surface area contributed by atoms with Crippen LogP contribution in [0.5, 0.6) is 5.75 Å². The van der Waals surface area contributed by atoms with E-state index < -0.39 is 15.9 Å².